The summed E-state index contributed by atoms with van der Waals surface area (Å²) < 4.78 is 0. The van der Waals surface area contributed by atoms with Crippen LogP contribution in [-0.2, 0) is 4.94 Å². The predicted molar refractivity (Wildman–Crippen MR) is 55.2 cm³/mol. The molecule has 0 saturated carbocycles. The summed E-state index contributed by atoms with van der Waals surface area (Å²) in [6.07, 6.45) is 0. The predicted octanol–water partition coefficient (Wildman–Crippen LogP) is 0.198. The number of guanidine groups is 2. The molecule has 2 heterocycles. The van der Waals surface area contributed by atoms with Crippen LogP contribution in [0, 0.1) is 0 Å². The molecule has 0 saturated heterocycles. The highest BCUT2D eigenvalue weighted by Crippen LogP contribution is 2.06. The minimum Gasteiger partial charge on any atom is -0.289 e. The molecule has 0 unspecified atom stereocenters. The molecular weight excluding hydrogens is 194 g/mol. The molecule has 0 radical (unpaired) electrons. The molecule has 1 aromatic carbocycles. The fraction of sp³-hybridized carbons (Fsp3) is 0. The van der Waals surface area contributed by atoms with Crippen LogP contribution in [0.5, 0.6) is 0 Å². The van der Waals surface area contributed by atoms with Gasteiger partial charge in [-0.15, -0.1) is 0 Å². The fourth-order valence-electron chi connectivity index (χ4n) is 1.31. The maximum absolute atomic E-state index is 4.66. The third-order valence-corrected chi connectivity index (χ3v) is 1.97. The lowest BCUT2D eigenvalue weighted by molar-refractivity contribution is 0.0833. The summed E-state index contributed by atoms with van der Waals surface area (Å²) in [7, 11) is 0. The van der Waals surface area contributed by atoms with Gasteiger partial charge in [0.2, 0.25) is 5.96 Å². The monoisotopic (exact) mass is 201 g/mol. The summed E-state index contributed by atoms with van der Waals surface area (Å²) in [5.74, 6) is 1.50. The number of rotatable bonds is 1. The number of nitrogens with zero attached hydrogens (tertiary/aromatic N) is 3. The van der Waals surface area contributed by atoms with Gasteiger partial charge in [-0.3, -0.25) is 10.3 Å². The van der Waals surface area contributed by atoms with Gasteiger partial charge >= 0.3 is 0 Å². The molecule has 6 nitrogen and oxygen atoms in total. The average Bonchev–Trinajstić information content (AvgIpc) is 2.30. The summed E-state index contributed by atoms with van der Waals surface area (Å²) in [5, 5.41) is 6.48. The molecule has 0 atom stereocenters. The Morgan fingerprint density at radius 2 is 1.93 bits per heavy atom. The van der Waals surface area contributed by atoms with Crippen LogP contribution in [-0.4, -0.2) is 17.8 Å². The van der Waals surface area contributed by atoms with E-state index in [9.17, 15) is 0 Å². The number of fused-ring (bicyclic) bond motifs is 2. The third kappa shape index (κ3) is 1.41. The van der Waals surface area contributed by atoms with Crippen LogP contribution >= 0.6 is 0 Å². The van der Waals surface area contributed by atoms with E-state index in [1.807, 2.05) is 30.3 Å². The summed E-state index contributed by atoms with van der Waals surface area (Å²) in [6, 6.07) is 9.68. The van der Waals surface area contributed by atoms with Crippen molar-refractivity contribution in [2.24, 2.45) is 15.1 Å². The standard InChI is InChI=1S/C9H7N5O/c1-2-4-6(5-3-1)7-10-8-12-9(11-7)14-15-13-8/h1-5H,(H2,10,11,12,13,14). The van der Waals surface area contributed by atoms with Gasteiger partial charge in [-0.2, -0.15) is 15.5 Å². The van der Waals surface area contributed by atoms with Gasteiger partial charge in [0, 0.05) is 5.56 Å². The zero-order valence-electron chi connectivity index (χ0n) is 7.64. The van der Waals surface area contributed by atoms with Crippen molar-refractivity contribution in [3.05, 3.63) is 35.9 Å². The molecule has 2 N–H and O–H groups in total. The molecule has 2 bridgehead atoms. The minimum absolute atomic E-state index is 0.401. The maximum atomic E-state index is 4.66. The zero-order valence-corrected chi connectivity index (χ0v) is 7.64. The number of benzene rings is 1. The van der Waals surface area contributed by atoms with E-state index in [0.717, 1.165) is 5.56 Å². The van der Waals surface area contributed by atoms with E-state index in [0.29, 0.717) is 17.8 Å². The Kier molecular flexibility index (Phi) is 1.64. The molecule has 2 aliphatic rings. The molecule has 1 aromatic rings. The van der Waals surface area contributed by atoms with Gasteiger partial charge in [0.25, 0.3) is 5.96 Å². The van der Waals surface area contributed by atoms with Gasteiger partial charge in [-0.25, -0.2) is 0 Å². The number of aliphatic imine (C=N–C) groups is 2. The Balaban J connectivity index is 2.05. The molecule has 0 aromatic heterocycles. The lowest BCUT2D eigenvalue weighted by atomic mass is 10.2. The largest absolute Gasteiger partial charge is 0.289 e. The average molecular weight is 201 g/mol. The van der Waals surface area contributed by atoms with E-state index >= 15 is 0 Å². The first-order chi connectivity index (χ1) is 7.42. The van der Waals surface area contributed by atoms with Crippen LogP contribution in [0.25, 0.3) is 0 Å². The number of hydrogen-bond donors (Lipinski definition) is 2. The SMILES string of the molecule is c1ccc(C2=NC3=NONC(=N2)N3)cc1. The van der Waals surface area contributed by atoms with Gasteiger partial charge in [0.1, 0.15) is 0 Å². The summed E-state index contributed by atoms with van der Waals surface area (Å²) in [4.78, 5) is 13.0. The van der Waals surface area contributed by atoms with E-state index in [-0.39, 0.29) is 0 Å². The van der Waals surface area contributed by atoms with Crippen molar-refractivity contribution < 1.29 is 4.94 Å². The minimum atomic E-state index is 0.401. The molecule has 0 aliphatic carbocycles. The second-order valence-corrected chi connectivity index (χ2v) is 3.00. The van der Waals surface area contributed by atoms with Crippen LogP contribution in [0.3, 0.4) is 0 Å². The highest BCUT2D eigenvalue weighted by atomic mass is 16.8. The second kappa shape index (κ2) is 3.09. The van der Waals surface area contributed by atoms with Gasteiger partial charge in [-0.1, -0.05) is 30.3 Å². The number of nitrogens with one attached hydrogen (secondary N) is 2. The first kappa shape index (κ1) is 7.98. The molecule has 0 fully saturated rings. The van der Waals surface area contributed by atoms with Crippen LogP contribution < -0.4 is 10.8 Å². The van der Waals surface area contributed by atoms with Crippen LogP contribution in [0.1, 0.15) is 5.56 Å². The molecular formula is C9H7N5O. The Morgan fingerprint density at radius 1 is 1.07 bits per heavy atom. The summed E-state index contributed by atoms with van der Waals surface area (Å²) in [6.45, 7) is 0. The topological polar surface area (TPSA) is 70.4 Å². The lowest BCUT2D eigenvalue weighted by Gasteiger charge is -2.18. The Labute approximate surface area is 85.3 Å². The highest BCUT2D eigenvalue weighted by molar-refractivity contribution is 6.17. The molecule has 0 spiro atoms. The van der Waals surface area contributed by atoms with Crippen LogP contribution in [0.2, 0.25) is 0 Å². The molecule has 74 valence electrons. The van der Waals surface area contributed by atoms with E-state index in [4.69, 9.17) is 0 Å². The van der Waals surface area contributed by atoms with E-state index in [1.165, 1.54) is 0 Å². The van der Waals surface area contributed by atoms with Crippen molar-refractivity contribution in [1.82, 2.24) is 10.8 Å². The van der Waals surface area contributed by atoms with Crippen molar-refractivity contribution in [3.8, 4) is 0 Å². The summed E-state index contributed by atoms with van der Waals surface area (Å²) >= 11 is 0. The molecule has 15 heavy (non-hydrogen) atoms. The molecule has 2 aliphatic heterocycles. The van der Waals surface area contributed by atoms with Gasteiger partial charge in [-0.05, 0) is 5.16 Å². The van der Waals surface area contributed by atoms with Gasteiger partial charge in [0.05, 0.1) is 0 Å². The Morgan fingerprint density at radius 3 is 2.73 bits per heavy atom. The lowest BCUT2D eigenvalue weighted by Crippen LogP contribution is -2.47. The highest BCUT2D eigenvalue weighted by Gasteiger charge is 2.18. The second-order valence-electron chi connectivity index (χ2n) is 3.00. The van der Waals surface area contributed by atoms with E-state index in [1.54, 1.807) is 0 Å². The third-order valence-electron chi connectivity index (χ3n) is 1.97. The normalized spacial score (nSPS) is 17.5. The number of hydrogen-bond acceptors (Lipinski definition) is 6. The molecule has 3 rings (SSSR count). The first-order valence-corrected chi connectivity index (χ1v) is 4.42. The van der Waals surface area contributed by atoms with Crippen molar-refractivity contribution in [2.45, 2.75) is 0 Å². The van der Waals surface area contributed by atoms with Crippen molar-refractivity contribution >= 4 is 17.8 Å². The maximum Gasteiger partial charge on any atom is 0.271 e. The van der Waals surface area contributed by atoms with Crippen molar-refractivity contribution in [3.63, 3.8) is 0 Å². The number of hydroxylamine groups is 1. The number of oxime groups is 1. The van der Waals surface area contributed by atoms with E-state index in [2.05, 4.69) is 30.9 Å². The Bertz CT molecular complexity index is 477. The van der Waals surface area contributed by atoms with Crippen molar-refractivity contribution in [2.75, 3.05) is 0 Å². The first-order valence-electron chi connectivity index (χ1n) is 4.42. The van der Waals surface area contributed by atoms with E-state index < -0.39 is 0 Å². The smallest absolute Gasteiger partial charge is 0.271 e. The van der Waals surface area contributed by atoms with Crippen molar-refractivity contribution in [1.29, 1.82) is 0 Å². The summed E-state index contributed by atoms with van der Waals surface area (Å²) in [5.41, 5.74) is 3.46. The number of amidine groups is 1. The fourth-order valence-corrected chi connectivity index (χ4v) is 1.31. The van der Waals surface area contributed by atoms with Gasteiger partial charge < -0.3 is 0 Å². The zero-order chi connectivity index (χ0) is 10.1. The Hall–Kier alpha value is -2.37. The van der Waals surface area contributed by atoms with Gasteiger partial charge in [0.15, 0.2) is 5.84 Å². The molecule has 0 amide bonds. The quantitative estimate of drug-likeness (QED) is 0.681. The van der Waals surface area contributed by atoms with Crippen LogP contribution in [0.4, 0.5) is 0 Å². The molecule has 6 heteroatoms. The van der Waals surface area contributed by atoms with Crippen LogP contribution in [0.15, 0.2) is 45.5 Å².